The minimum Gasteiger partial charge on any atom is -0.497 e. The molecule has 0 amide bonds. The minimum absolute atomic E-state index is 0.599. The molecular weight excluding hydrogens is 282 g/mol. The van der Waals surface area contributed by atoms with E-state index in [0.717, 1.165) is 15.8 Å². The molecule has 0 spiro atoms. The first-order valence-electron chi connectivity index (χ1n) is 5.13. The molecule has 0 aliphatic rings. The summed E-state index contributed by atoms with van der Waals surface area (Å²) in [5.74, 6) is 2.07. The Bertz CT molecular complexity index is 529. The highest BCUT2D eigenvalue weighted by Gasteiger charge is 2.04. The molecule has 17 heavy (non-hydrogen) atoms. The van der Waals surface area contributed by atoms with Gasteiger partial charge >= 0.3 is 0 Å². The quantitative estimate of drug-likeness (QED) is 0.858. The van der Waals surface area contributed by atoms with Crippen molar-refractivity contribution in [2.75, 3.05) is 7.11 Å². The van der Waals surface area contributed by atoms with Crippen LogP contribution in [0.2, 0.25) is 0 Å². The molecule has 3 nitrogen and oxygen atoms in total. The summed E-state index contributed by atoms with van der Waals surface area (Å²) in [6.45, 7) is 1.95. The Morgan fingerprint density at radius 2 is 1.94 bits per heavy atom. The van der Waals surface area contributed by atoms with Crippen molar-refractivity contribution < 1.29 is 9.47 Å². The summed E-state index contributed by atoms with van der Waals surface area (Å²) in [7, 11) is 1.63. The second kappa shape index (κ2) is 5.19. The molecule has 4 heteroatoms. The lowest BCUT2D eigenvalue weighted by atomic mass is 10.3. The van der Waals surface area contributed by atoms with Gasteiger partial charge in [0.2, 0.25) is 5.88 Å². The predicted molar refractivity (Wildman–Crippen MR) is 69.7 cm³/mol. The Balaban J connectivity index is 2.25. The fraction of sp³-hybridized carbons (Fsp3) is 0.154. The van der Waals surface area contributed by atoms with E-state index in [1.54, 1.807) is 13.3 Å². The lowest BCUT2D eigenvalue weighted by molar-refractivity contribution is 0.407. The van der Waals surface area contributed by atoms with Crippen LogP contribution in [0.1, 0.15) is 5.56 Å². The molecule has 2 rings (SSSR count). The molecule has 0 radical (unpaired) electrons. The van der Waals surface area contributed by atoms with Crippen molar-refractivity contribution in [2.45, 2.75) is 6.92 Å². The average Bonchev–Trinajstić information content (AvgIpc) is 2.33. The van der Waals surface area contributed by atoms with E-state index >= 15 is 0 Å². The van der Waals surface area contributed by atoms with Crippen LogP contribution in [0.3, 0.4) is 0 Å². The molecule has 2 aromatic rings. The third kappa shape index (κ3) is 2.97. The SMILES string of the molecule is COc1cccc(Oc2ncc(Br)cc2C)c1. The lowest BCUT2D eigenvalue weighted by Crippen LogP contribution is -1.91. The van der Waals surface area contributed by atoms with Crippen molar-refractivity contribution in [1.29, 1.82) is 0 Å². The van der Waals surface area contributed by atoms with Gasteiger partial charge in [0.25, 0.3) is 0 Å². The zero-order valence-corrected chi connectivity index (χ0v) is 11.2. The lowest BCUT2D eigenvalue weighted by Gasteiger charge is -2.08. The number of nitrogens with zero attached hydrogens (tertiary/aromatic N) is 1. The maximum absolute atomic E-state index is 5.69. The fourth-order valence-corrected chi connectivity index (χ4v) is 1.86. The molecule has 0 saturated heterocycles. The van der Waals surface area contributed by atoms with E-state index in [-0.39, 0.29) is 0 Å². The number of pyridine rings is 1. The van der Waals surface area contributed by atoms with E-state index in [1.807, 2.05) is 37.3 Å². The van der Waals surface area contributed by atoms with Crippen molar-refractivity contribution in [3.8, 4) is 17.4 Å². The van der Waals surface area contributed by atoms with Gasteiger partial charge in [-0.15, -0.1) is 0 Å². The summed E-state index contributed by atoms with van der Waals surface area (Å²) in [6.07, 6.45) is 1.71. The smallest absolute Gasteiger partial charge is 0.222 e. The molecule has 0 saturated carbocycles. The fourth-order valence-electron chi connectivity index (χ4n) is 1.41. The molecule has 0 fully saturated rings. The van der Waals surface area contributed by atoms with Gasteiger partial charge in [-0.2, -0.15) is 0 Å². The molecule has 0 unspecified atom stereocenters. The van der Waals surface area contributed by atoms with E-state index < -0.39 is 0 Å². The molecule has 1 heterocycles. The number of aromatic nitrogens is 1. The van der Waals surface area contributed by atoms with Gasteiger partial charge in [-0.25, -0.2) is 4.98 Å². The van der Waals surface area contributed by atoms with E-state index in [2.05, 4.69) is 20.9 Å². The van der Waals surface area contributed by atoms with Crippen molar-refractivity contribution in [2.24, 2.45) is 0 Å². The van der Waals surface area contributed by atoms with Crippen LogP contribution in [0, 0.1) is 6.92 Å². The van der Waals surface area contributed by atoms with Crippen molar-refractivity contribution in [3.63, 3.8) is 0 Å². The summed E-state index contributed by atoms with van der Waals surface area (Å²) in [4.78, 5) is 4.22. The zero-order chi connectivity index (χ0) is 12.3. The Morgan fingerprint density at radius 1 is 1.18 bits per heavy atom. The van der Waals surface area contributed by atoms with Gasteiger partial charge in [0.15, 0.2) is 0 Å². The van der Waals surface area contributed by atoms with Gasteiger partial charge in [-0.05, 0) is 41.1 Å². The maximum atomic E-state index is 5.69. The van der Waals surface area contributed by atoms with E-state index in [0.29, 0.717) is 11.6 Å². The first-order valence-corrected chi connectivity index (χ1v) is 5.92. The summed E-state index contributed by atoms with van der Waals surface area (Å²) < 4.78 is 11.8. The van der Waals surface area contributed by atoms with E-state index in [4.69, 9.17) is 9.47 Å². The van der Waals surface area contributed by atoms with Gasteiger partial charge in [0, 0.05) is 22.3 Å². The molecule has 0 bridgehead atoms. The first-order chi connectivity index (χ1) is 8.19. The third-order valence-electron chi connectivity index (χ3n) is 2.25. The van der Waals surface area contributed by atoms with Gasteiger partial charge in [-0.3, -0.25) is 0 Å². The molecule has 0 atom stereocenters. The Kier molecular flexibility index (Phi) is 3.64. The topological polar surface area (TPSA) is 31.4 Å². The van der Waals surface area contributed by atoms with Crippen LogP contribution < -0.4 is 9.47 Å². The highest BCUT2D eigenvalue weighted by molar-refractivity contribution is 9.10. The summed E-state index contributed by atoms with van der Waals surface area (Å²) in [6, 6.07) is 9.40. The van der Waals surface area contributed by atoms with E-state index in [1.165, 1.54) is 0 Å². The molecule has 0 aliphatic heterocycles. The number of benzene rings is 1. The number of hydrogen-bond acceptors (Lipinski definition) is 3. The minimum atomic E-state index is 0.599. The number of methoxy groups -OCH3 is 1. The molecule has 1 aromatic heterocycles. The number of halogens is 1. The van der Waals surface area contributed by atoms with Crippen LogP contribution >= 0.6 is 15.9 Å². The molecule has 1 aromatic carbocycles. The van der Waals surface area contributed by atoms with Crippen molar-refractivity contribution >= 4 is 15.9 Å². The second-order valence-corrected chi connectivity index (χ2v) is 4.47. The number of hydrogen-bond donors (Lipinski definition) is 0. The standard InChI is InChI=1S/C13H12BrNO2/c1-9-6-10(14)8-15-13(9)17-12-5-3-4-11(7-12)16-2/h3-8H,1-2H3. The van der Waals surface area contributed by atoms with Gasteiger partial charge in [0.05, 0.1) is 7.11 Å². The summed E-state index contributed by atoms with van der Waals surface area (Å²) >= 11 is 3.37. The predicted octanol–water partition coefficient (Wildman–Crippen LogP) is 3.95. The zero-order valence-electron chi connectivity index (χ0n) is 9.61. The van der Waals surface area contributed by atoms with Crippen molar-refractivity contribution in [1.82, 2.24) is 4.98 Å². The normalized spacial score (nSPS) is 10.1. The first kappa shape index (κ1) is 11.9. The number of aryl methyl sites for hydroxylation is 1. The summed E-state index contributed by atoms with van der Waals surface area (Å²) in [5.41, 5.74) is 0.974. The van der Waals surface area contributed by atoms with Crippen LogP contribution in [-0.2, 0) is 0 Å². The van der Waals surface area contributed by atoms with Gasteiger partial charge in [0.1, 0.15) is 11.5 Å². The Hall–Kier alpha value is -1.55. The maximum Gasteiger partial charge on any atom is 0.222 e. The second-order valence-electron chi connectivity index (χ2n) is 3.56. The molecular formula is C13H12BrNO2. The number of ether oxygens (including phenoxy) is 2. The van der Waals surface area contributed by atoms with Gasteiger partial charge < -0.3 is 9.47 Å². The highest BCUT2D eigenvalue weighted by Crippen LogP contribution is 2.27. The van der Waals surface area contributed by atoms with Crippen LogP contribution in [0.25, 0.3) is 0 Å². The number of rotatable bonds is 3. The van der Waals surface area contributed by atoms with Crippen LogP contribution in [0.15, 0.2) is 41.0 Å². The highest BCUT2D eigenvalue weighted by atomic mass is 79.9. The Morgan fingerprint density at radius 3 is 2.65 bits per heavy atom. The molecule has 88 valence electrons. The van der Waals surface area contributed by atoms with Crippen LogP contribution in [-0.4, -0.2) is 12.1 Å². The van der Waals surface area contributed by atoms with Crippen molar-refractivity contribution in [3.05, 3.63) is 46.6 Å². The van der Waals surface area contributed by atoms with Gasteiger partial charge in [-0.1, -0.05) is 6.07 Å². The van der Waals surface area contributed by atoms with Crippen LogP contribution in [0.4, 0.5) is 0 Å². The molecule has 0 aliphatic carbocycles. The largest absolute Gasteiger partial charge is 0.497 e. The monoisotopic (exact) mass is 293 g/mol. The third-order valence-corrected chi connectivity index (χ3v) is 2.69. The Labute approximate surface area is 109 Å². The average molecular weight is 294 g/mol. The summed E-state index contributed by atoms with van der Waals surface area (Å²) in [5, 5.41) is 0. The van der Waals surface area contributed by atoms with Crippen LogP contribution in [0.5, 0.6) is 17.4 Å². The van der Waals surface area contributed by atoms with E-state index in [9.17, 15) is 0 Å². The molecule has 0 N–H and O–H groups in total.